The molecule has 152 valence electrons. The number of piperazine rings is 1. The Hall–Kier alpha value is -2.14. The van der Waals surface area contributed by atoms with Crippen molar-refractivity contribution in [3.05, 3.63) is 58.6 Å². The number of nitrogens with one attached hydrogen (secondary N) is 1. The highest BCUT2D eigenvalue weighted by atomic mass is 127. The Morgan fingerprint density at radius 3 is 2.57 bits per heavy atom. The number of aliphatic hydroxyl groups excluding tert-OH is 1. The topological polar surface area (TPSA) is 86.0 Å². The Kier molecular flexibility index (Phi) is 8.24. The molecule has 28 heavy (non-hydrogen) atoms. The van der Waals surface area contributed by atoms with Gasteiger partial charge in [-0.15, -0.1) is 24.0 Å². The van der Waals surface area contributed by atoms with Crippen LogP contribution in [0.15, 0.2) is 52.5 Å². The van der Waals surface area contributed by atoms with E-state index in [2.05, 4.69) is 20.2 Å². The third-order valence-corrected chi connectivity index (χ3v) is 4.73. The van der Waals surface area contributed by atoms with Crippen LogP contribution in [-0.2, 0) is 7.05 Å². The lowest BCUT2D eigenvalue weighted by Gasteiger charge is -2.36. The third kappa shape index (κ3) is 5.22. The maximum Gasteiger partial charge on any atom is 0.293 e. The van der Waals surface area contributed by atoms with Gasteiger partial charge in [0.05, 0.1) is 6.10 Å². The second-order valence-corrected chi connectivity index (χ2v) is 6.50. The van der Waals surface area contributed by atoms with Crippen LogP contribution in [0.2, 0.25) is 0 Å². The van der Waals surface area contributed by atoms with Crippen molar-refractivity contribution in [1.82, 2.24) is 19.8 Å². The number of anilines is 1. The van der Waals surface area contributed by atoms with E-state index in [-0.39, 0.29) is 29.5 Å². The molecule has 2 aromatic rings. The molecule has 0 saturated carbocycles. The molecule has 1 aromatic carbocycles. The normalized spacial score (nSPS) is 15.8. The smallest absolute Gasteiger partial charge is 0.293 e. The summed E-state index contributed by atoms with van der Waals surface area (Å²) >= 11 is 0. The van der Waals surface area contributed by atoms with E-state index < -0.39 is 6.10 Å². The zero-order chi connectivity index (χ0) is 19.2. The van der Waals surface area contributed by atoms with Crippen LogP contribution in [0.5, 0.6) is 0 Å². The molecular weight excluding hydrogens is 471 g/mol. The summed E-state index contributed by atoms with van der Waals surface area (Å²) in [5, 5.41) is 13.6. The Morgan fingerprint density at radius 2 is 1.93 bits per heavy atom. The monoisotopic (exact) mass is 498 g/mol. The highest BCUT2D eigenvalue weighted by molar-refractivity contribution is 14.0. The van der Waals surface area contributed by atoms with E-state index in [1.54, 1.807) is 31.1 Å². The van der Waals surface area contributed by atoms with Gasteiger partial charge in [0.2, 0.25) is 0 Å². The summed E-state index contributed by atoms with van der Waals surface area (Å²) in [5.41, 5.74) is 0.788. The van der Waals surface area contributed by atoms with Gasteiger partial charge in [-0.3, -0.25) is 9.79 Å². The van der Waals surface area contributed by atoms with Crippen molar-refractivity contribution in [1.29, 1.82) is 0 Å². The highest BCUT2D eigenvalue weighted by Crippen LogP contribution is 2.12. The van der Waals surface area contributed by atoms with Gasteiger partial charge in [-0.05, 0) is 5.56 Å². The van der Waals surface area contributed by atoms with Crippen LogP contribution in [0.1, 0.15) is 11.7 Å². The molecule has 1 unspecified atom stereocenters. The maximum absolute atomic E-state index is 12.2. The lowest BCUT2D eigenvalue weighted by atomic mass is 10.1. The third-order valence-electron chi connectivity index (χ3n) is 4.73. The number of aryl methyl sites for hydroxylation is 1. The number of nitrogens with zero attached hydrogens (tertiary/aromatic N) is 5. The standard InChI is InChI=1S/C19H26N6O2.HI/c1-20-19(22-14-16(26)15-6-4-3-5-7-15)25-12-10-24(11-13-25)17-18(27)23(2)9-8-21-17;/h3-9,16,26H,10-14H2,1-2H3,(H,20,22);1H. The van der Waals surface area contributed by atoms with Crippen molar-refractivity contribution in [2.75, 3.05) is 44.7 Å². The number of hydrogen-bond donors (Lipinski definition) is 2. The van der Waals surface area contributed by atoms with Gasteiger partial charge in [0.25, 0.3) is 5.56 Å². The first-order valence-corrected chi connectivity index (χ1v) is 9.05. The zero-order valence-electron chi connectivity index (χ0n) is 16.2. The molecule has 1 aliphatic heterocycles. The minimum Gasteiger partial charge on any atom is -0.387 e. The lowest BCUT2D eigenvalue weighted by Crippen LogP contribution is -2.54. The van der Waals surface area contributed by atoms with E-state index in [1.807, 2.05) is 35.2 Å². The van der Waals surface area contributed by atoms with Crippen molar-refractivity contribution in [2.24, 2.45) is 12.0 Å². The Labute approximate surface area is 181 Å². The van der Waals surface area contributed by atoms with Crippen LogP contribution in [0, 0.1) is 0 Å². The fraction of sp³-hybridized carbons (Fsp3) is 0.421. The number of hydrogen-bond acceptors (Lipinski definition) is 5. The van der Waals surface area contributed by atoms with E-state index >= 15 is 0 Å². The average Bonchev–Trinajstić information content (AvgIpc) is 2.71. The second kappa shape index (κ2) is 10.4. The van der Waals surface area contributed by atoms with Gasteiger partial charge in [-0.25, -0.2) is 4.98 Å². The summed E-state index contributed by atoms with van der Waals surface area (Å²) in [6.07, 6.45) is 2.71. The predicted molar refractivity (Wildman–Crippen MR) is 121 cm³/mol. The van der Waals surface area contributed by atoms with Crippen LogP contribution in [0.4, 0.5) is 5.82 Å². The molecule has 3 rings (SSSR count). The largest absolute Gasteiger partial charge is 0.387 e. The molecule has 0 spiro atoms. The summed E-state index contributed by atoms with van der Waals surface area (Å²) in [6.45, 7) is 3.21. The van der Waals surface area contributed by atoms with Gasteiger partial charge in [0, 0.05) is 59.2 Å². The zero-order valence-corrected chi connectivity index (χ0v) is 18.5. The van der Waals surface area contributed by atoms with Gasteiger partial charge in [-0.1, -0.05) is 30.3 Å². The second-order valence-electron chi connectivity index (χ2n) is 6.50. The minimum atomic E-state index is -0.597. The first kappa shape index (κ1) is 22.2. The molecular formula is C19H27IN6O2. The van der Waals surface area contributed by atoms with E-state index in [0.717, 1.165) is 24.6 Å². The average molecular weight is 498 g/mol. The maximum atomic E-state index is 12.2. The van der Waals surface area contributed by atoms with Crippen LogP contribution >= 0.6 is 24.0 Å². The van der Waals surface area contributed by atoms with Crippen LogP contribution in [-0.4, -0.2) is 65.3 Å². The predicted octanol–water partition coefficient (Wildman–Crippen LogP) is 0.829. The number of aliphatic hydroxyl groups is 1. The molecule has 0 bridgehead atoms. The Balaban J connectivity index is 0.00000280. The van der Waals surface area contributed by atoms with Gasteiger partial charge < -0.3 is 24.8 Å². The van der Waals surface area contributed by atoms with E-state index in [4.69, 9.17) is 0 Å². The summed E-state index contributed by atoms with van der Waals surface area (Å²) in [6, 6.07) is 9.56. The molecule has 0 aliphatic carbocycles. The summed E-state index contributed by atoms with van der Waals surface area (Å²) in [5.74, 6) is 1.24. The fourth-order valence-corrected chi connectivity index (χ4v) is 3.14. The molecule has 1 fully saturated rings. The summed E-state index contributed by atoms with van der Waals surface area (Å²) in [4.78, 5) is 24.9. The minimum absolute atomic E-state index is 0. The van der Waals surface area contributed by atoms with Crippen molar-refractivity contribution in [3.8, 4) is 0 Å². The molecule has 0 radical (unpaired) electrons. The molecule has 0 amide bonds. The van der Waals surface area contributed by atoms with Crippen LogP contribution in [0.3, 0.4) is 0 Å². The van der Waals surface area contributed by atoms with Crippen molar-refractivity contribution in [2.45, 2.75) is 6.10 Å². The first-order chi connectivity index (χ1) is 13.1. The highest BCUT2D eigenvalue weighted by Gasteiger charge is 2.22. The molecule has 8 nitrogen and oxygen atoms in total. The molecule has 2 N–H and O–H groups in total. The van der Waals surface area contributed by atoms with E-state index in [0.29, 0.717) is 25.5 Å². The Bertz CT molecular complexity index is 834. The number of aliphatic imine (C=N–C) groups is 1. The summed E-state index contributed by atoms with van der Waals surface area (Å²) in [7, 11) is 3.46. The van der Waals surface area contributed by atoms with Crippen LogP contribution < -0.4 is 15.8 Å². The number of benzene rings is 1. The molecule has 1 atom stereocenters. The molecule has 1 saturated heterocycles. The van der Waals surface area contributed by atoms with Crippen LogP contribution in [0.25, 0.3) is 0 Å². The van der Waals surface area contributed by atoms with E-state index in [1.165, 1.54) is 0 Å². The quantitative estimate of drug-likeness (QED) is 0.369. The number of guanidine groups is 1. The van der Waals surface area contributed by atoms with Crippen molar-refractivity contribution in [3.63, 3.8) is 0 Å². The first-order valence-electron chi connectivity index (χ1n) is 9.05. The Morgan fingerprint density at radius 1 is 1.25 bits per heavy atom. The molecule has 1 aliphatic rings. The molecule has 2 heterocycles. The SMILES string of the molecule is CN=C(NCC(O)c1ccccc1)N1CCN(c2nccn(C)c2=O)CC1.I. The van der Waals surface area contributed by atoms with E-state index in [9.17, 15) is 9.90 Å². The lowest BCUT2D eigenvalue weighted by molar-refractivity contribution is 0.179. The van der Waals surface area contributed by atoms with Gasteiger partial charge in [0.1, 0.15) is 0 Å². The summed E-state index contributed by atoms with van der Waals surface area (Å²) < 4.78 is 1.54. The number of halogens is 1. The van der Waals surface area contributed by atoms with Gasteiger partial charge >= 0.3 is 0 Å². The van der Waals surface area contributed by atoms with Gasteiger partial charge in [-0.2, -0.15) is 0 Å². The van der Waals surface area contributed by atoms with Gasteiger partial charge in [0.15, 0.2) is 11.8 Å². The molecule has 9 heteroatoms. The van der Waals surface area contributed by atoms with Crippen molar-refractivity contribution >= 4 is 35.8 Å². The number of rotatable bonds is 4. The van der Waals surface area contributed by atoms with Crippen molar-refractivity contribution < 1.29 is 5.11 Å². The molecule has 1 aromatic heterocycles. The fourth-order valence-electron chi connectivity index (χ4n) is 3.14. The number of aromatic nitrogens is 2.